The highest BCUT2D eigenvalue weighted by Gasteiger charge is 2.29. The third-order valence-electron chi connectivity index (χ3n) is 3.65. The fourth-order valence-corrected chi connectivity index (χ4v) is 2.51. The van der Waals surface area contributed by atoms with E-state index in [0.717, 1.165) is 18.4 Å². The zero-order valence-electron chi connectivity index (χ0n) is 10.7. The van der Waals surface area contributed by atoms with Gasteiger partial charge in [-0.05, 0) is 37.0 Å². The molecule has 2 N–H and O–H groups in total. The Kier molecular flexibility index (Phi) is 2.94. The van der Waals surface area contributed by atoms with Gasteiger partial charge in [0.1, 0.15) is 11.0 Å². The summed E-state index contributed by atoms with van der Waals surface area (Å²) in [6, 6.07) is 5.29. The molecule has 0 radical (unpaired) electrons. The predicted molar refractivity (Wildman–Crippen MR) is 69.6 cm³/mol. The van der Waals surface area contributed by atoms with Crippen LogP contribution in [0.5, 0.6) is 0 Å². The molecule has 1 aliphatic rings. The fraction of sp³-hybridized carbons (Fsp3) is 0.462. The number of aliphatic hydroxyl groups is 1. The summed E-state index contributed by atoms with van der Waals surface area (Å²) in [6.07, 6.45) is 1.40. The summed E-state index contributed by atoms with van der Waals surface area (Å²) in [5, 5.41) is 19.7. The van der Waals surface area contributed by atoms with Crippen LogP contribution in [0, 0.1) is 5.92 Å². The number of H-pyrrole nitrogens is 1. The number of carbonyl (C=O) groups excluding carboxylic acids is 1. The molecule has 1 fully saturated rings. The molecule has 0 atom stereocenters. The summed E-state index contributed by atoms with van der Waals surface area (Å²) in [4.78, 5) is 14.0. The van der Waals surface area contributed by atoms with Gasteiger partial charge in [0.05, 0.1) is 6.10 Å². The van der Waals surface area contributed by atoms with Crippen molar-refractivity contribution in [2.75, 3.05) is 13.6 Å². The van der Waals surface area contributed by atoms with Crippen molar-refractivity contribution in [3.05, 3.63) is 23.8 Å². The number of nitrogens with zero attached hydrogens (tertiary/aromatic N) is 3. The average Bonchev–Trinajstić information content (AvgIpc) is 2.83. The van der Waals surface area contributed by atoms with Gasteiger partial charge in [-0.1, -0.05) is 0 Å². The molecule has 0 unspecified atom stereocenters. The number of aliphatic hydroxyl groups excluding tert-OH is 1. The first kappa shape index (κ1) is 12.1. The quantitative estimate of drug-likeness (QED) is 0.855. The van der Waals surface area contributed by atoms with Gasteiger partial charge < -0.3 is 10.0 Å². The number of hydrogen-bond donors (Lipinski definition) is 2. The molecule has 6 heteroatoms. The summed E-state index contributed by atoms with van der Waals surface area (Å²) < 4.78 is 0. The molecule has 1 aliphatic carbocycles. The average molecular weight is 260 g/mol. The van der Waals surface area contributed by atoms with Crippen LogP contribution in [0.2, 0.25) is 0 Å². The SMILES string of the molecule is CN(CC1CC(O)C1)C(=O)c1ccc2n[nH]nc2c1. The number of aromatic nitrogens is 3. The van der Waals surface area contributed by atoms with Gasteiger partial charge >= 0.3 is 0 Å². The molecule has 6 nitrogen and oxygen atoms in total. The van der Waals surface area contributed by atoms with Gasteiger partial charge in [-0.15, -0.1) is 0 Å². The molecule has 0 bridgehead atoms. The van der Waals surface area contributed by atoms with Crippen LogP contribution in [0.25, 0.3) is 11.0 Å². The maximum absolute atomic E-state index is 12.3. The molecule has 0 aliphatic heterocycles. The Morgan fingerprint density at radius 3 is 2.89 bits per heavy atom. The molecular weight excluding hydrogens is 244 g/mol. The van der Waals surface area contributed by atoms with Gasteiger partial charge in [0.2, 0.25) is 0 Å². The monoisotopic (exact) mass is 260 g/mol. The lowest BCUT2D eigenvalue weighted by Gasteiger charge is -2.34. The lowest BCUT2D eigenvalue weighted by Crippen LogP contribution is -2.39. The minimum absolute atomic E-state index is 0.0220. The number of nitrogens with one attached hydrogen (secondary N) is 1. The van der Waals surface area contributed by atoms with Gasteiger partial charge in [-0.2, -0.15) is 15.4 Å². The van der Waals surface area contributed by atoms with Crippen molar-refractivity contribution < 1.29 is 9.90 Å². The second-order valence-corrected chi connectivity index (χ2v) is 5.20. The van der Waals surface area contributed by atoms with E-state index in [4.69, 9.17) is 0 Å². The standard InChI is InChI=1S/C13H16N4O2/c1-17(7-8-4-10(18)5-8)13(19)9-2-3-11-12(6-9)15-16-14-11/h2-3,6,8,10,18H,4-5,7H2,1H3,(H,14,15,16). The third kappa shape index (κ3) is 2.31. The van der Waals surface area contributed by atoms with E-state index >= 15 is 0 Å². The van der Waals surface area contributed by atoms with Crippen molar-refractivity contribution in [3.63, 3.8) is 0 Å². The van der Waals surface area contributed by atoms with E-state index < -0.39 is 0 Å². The number of carbonyl (C=O) groups is 1. The first-order valence-corrected chi connectivity index (χ1v) is 6.37. The number of fused-ring (bicyclic) bond motifs is 1. The van der Waals surface area contributed by atoms with E-state index in [9.17, 15) is 9.90 Å². The highest BCUT2D eigenvalue weighted by Crippen LogP contribution is 2.28. The predicted octanol–water partition coefficient (Wildman–Crippen LogP) is 0.801. The highest BCUT2D eigenvalue weighted by atomic mass is 16.3. The molecule has 1 heterocycles. The van der Waals surface area contributed by atoms with Crippen LogP contribution in [0.15, 0.2) is 18.2 Å². The molecule has 19 heavy (non-hydrogen) atoms. The van der Waals surface area contributed by atoms with Crippen molar-refractivity contribution in [1.29, 1.82) is 0 Å². The second kappa shape index (κ2) is 4.62. The van der Waals surface area contributed by atoms with Crippen LogP contribution in [-0.2, 0) is 0 Å². The smallest absolute Gasteiger partial charge is 0.253 e. The van der Waals surface area contributed by atoms with E-state index in [1.54, 1.807) is 30.1 Å². The van der Waals surface area contributed by atoms with Gasteiger partial charge in [-0.25, -0.2) is 0 Å². The molecule has 1 amide bonds. The van der Waals surface area contributed by atoms with E-state index in [1.165, 1.54) is 0 Å². The summed E-state index contributed by atoms with van der Waals surface area (Å²) in [5.74, 6) is 0.394. The Bertz CT molecular complexity index is 603. The lowest BCUT2D eigenvalue weighted by atomic mass is 9.82. The Morgan fingerprint density at radius 1 is 1.42 bits per heavy atom. The van der Waals surface area contributed by atoms with Crippen LogP contribution in [-0.4, -0.2) is 51.0 Å². The maximum Gasteiger partial charge on any atom is 0.253 e. The normalized spacial score (nSPS) is 22.2. The number of hydrogen-bond acceptors (Lipinski definition) is 4. The molecule has 1 aromatic carbocycles. The molecule has 1 saturated carbocycles. The topological polar surface area (TPSA) is 82.1 Å². The van der Waals surface area contributed by atoms with E-state index in [1.807, 2.05) is 0 Å². The molecular formula is C13H16N4O2. The zero-order chi connectivity index (χ0) is 13.4. The molecule has 3 rings (SSSR count). The molecule has 2 aromatic rings. The summed E-state index contributed by atoms with van der Waals surface area (Å²) in [5.41, 5.74) is 2.06. The number of amides is 1. The van der Waals surface area contributed by atoms with Crippen LogP contribution < -0.4 is 0 Å². The Hall–Kier alpha value is -1.95. The van der Waals surface area contributed by atoms with Crippen molar-refractivity contribution in [2.45, 2.75) is 18.9 Å². The Morgan fingerprint density at radius 2 is 2.16 bits per heavy atom. The van der Waals surface area contributed by atoms with Crippen LogP contribution in [0.4, 0.5) is 0 Å². The van der Waals surface area contributed by atoms with E-state index in [-0.39, 0.29) is 12.0 Å². The second-order valence-electron chi connectivity index (χ2n) is 5.20. The minimum atomic E-state index is -0.181. The summed E-state index contributed by atoms with van der Waals surface area (Å²) >= 11 is 0. The van der Waals surface area contributed by atoms with E-state index in [0.29, 0.717) is 23.5 Å². The van der Waals surface area contributed by atoms with Gasteiger partial charge in [0, 0.05) is 19.2 Å². The third-order valence-corrected chi connectivity index (χ3v) is 3.65. The first-order chi connectivity index (χ1) is 9.13. The Balaban J connectivity index is 1.71. The molecule has 1 aromatic heterocycles. The molecule has 0 spiro atoms. The summed E-state index contributed by atoms with van der Waals surface area (Å²) in [7, 11) is 1.79. The summed E-state index contributed by atoms with van der Waals surface area (Å²) in [6.45, 7) is 0.687. The van der Waals surface area contributed by atoms with Crippen molar-refractivity contribution in [2.24, 2.45) is 5.92 Å². The van der Waals surface area contributed by atoms with Crippen molar-refractivity contribution in [3.8, 4) is 0 Å². The van der Waals surface area contributed by atoms with Gasteiger partial charge in [0.25, 0.3) is 5.91 Å². The maximum atomic E-state index is 12.3. The first-order valence-electron chi connectivity index (χ1n) is 6.37. The van der Waals surface area contributed by atoms with Crippen LogP contribution in [0.3, 0.4) is 0 Å². The molecule has 100 valence electrons. The highest BCUT2D eigenvalue weighted by molar-refractivity contribution is 5.97. The van der Waals surface area contributed by atoms with Crippen molar-refractivity contribution >= 4 is 16.9 Å². The molecule has 0 saturated heterocycles. The zero-order valence-corrected chi connectivity index (χ0v) is 10.7. The number of rotatable bonds is 3. The van der Waals surface area contributed by atoms with Gasteiger partial charge in [-0.3, -0.25) is 4.79 Å². The van der Waals surface area contributed by atoms with Gasteiger partial charge in [0.15, 0.2) is 0 Å². The van der Waals surface area contributed by atoms with Crippen molar-refractivity contribution in [1.82, 2.24) is 20.3 Å². The van der Waals surface area contributed by atoms with E-state index in [2.05, 4.69) is 15.4 Å². The number of benzene rings is 1. The Labute approximate surface area is 110 Å². The minimum Gasteiger partial charge on any atom is -0.393 e. The van der Waals surface area contributed by atoms with Crippen LogP contribution in [0.1, 0.15) is 23.2 Å². The fourth-order valence-electron chi connectivity index (χ4n) is 2.51. The largest absolute Gasteiger partial charge is 0.393 e. The lowest BCUT2D eigenvalue weighted by molar-refractivity contribution is 0.0265. The number of aromatic amines is 1. The van der Waals surface area contributed by atoms with Crippen LogP contribution >= 0.6 is 0 Å².